The molecule has 1 heterocycles. The van der Waals surface area contributed by atoms with E-state index in [-0.39, 0.29) is 15.8 Å². The highest BCUT2D eigenvalue weighted by atomic mass is 35.5. The third kappa shape index (κ3) is 5.19. The van der Waals surface area contributed by atoms with E-state index < -0.39 is 17.0 Å². The molecule has 0 saturated heterocycles. The summed E-state index contributed by atoms with van der Waals surface area (Å²) in [5.74, 6) is -0.170. The number of hydrogen-bond donors (Lipinski definition) is 0. The predicted molar refractivity (Wildman–Crippen MR) is 110 cm³/mol. The van der Waals surface area contributed by atoms with Crippen molar-refractivity contribution in [1.29, 1.82) is 0 Å². The predicted octanol–water partition coefficient (Wildman–Crippen LogP) is 7.09. The van der Waals surface area contributed by atoms with Gasteiger partial charge in [-0.3, -0.25) is 4.79 Å². The Kier molecular flexibility index (Phi) is 6.34. The molecule has 7 heteroatoms. The number of rotatable bonds is 5. The van der Waals surface area contributed by atoms with Crippen molar-refractivity contribution < 1.29 is 18.0 Å². The molecule has 29 heavy (non-hydrogen) atoms. The van der Waals surface area contributed by atoms with Crippen molar-refractivity contribution in [3.63, 3.8) is 0 Å². The number of thioether (sulfide) groups is 1. The molecule has 0 radical (unpaired) electrons. The third-order valence-corrected chi connectivity index (χ3v) is 5.99. The van der Waals surface area contributed by atoms with Crippen molar-refractivity contribution in [1.82, 2.24) is 4.98 Å². The molecular formula is C22H17ClF3NOS. The first-order valence-corrected chi connectivity index (χ1v) is 9.98. The molecular weight excluding hydrogens is 419 g/mol. The Bertz CT molecular complexity index is 1020. The number of Topliss-reactive ketones (excluding diaryl/α,β-unsaturated/α-hetero) is 1. The molecule has 0 fully saturated rings. The lowest BCUT2D eigenvalue weighted by molar-refractivity contribution is -0.137. The number of carbonyl (C=O) groups excluding carboxylic acids is 1. The average molecular weight is 436 g/mol. The fourth-order valence-corrected chi connectivity index (χ4v) is 4.01. The topological polar surface area (TPSA) is 30.0 Å². The fourth-order valence-electron chi connectivity index (χ4n) is 2.66. The van der Waals surface area contributed by atoms with Crippen LogP contribution in [-0.2, 0) is 6.18 Å². The molecule has 1 aromatic heterocycles. The van der Waals surface area contributed by atoms with E-state index in [0.29, 0.717) is 5.56 Å². The number of benzene rings is 2. The first-order valence-electron chi connectivity index (χ1n) is 8.72. The van der Waals surface area contributed by atoms with Gasteiger partial charge in [-0.1, -0.05) is 83.0 Å². The Morgan fingerprint density at radius 2 is 1.55 bits per heavy atom. The molecule has 0 spiro atoms. The second-order valence-electron chi connectivity index (χ2n) is 6.65. The lowest BCUT2D eigenvalue weighted by atomic mass is 10.0. The van der Waals surface area contributed by atoms with Gasteiger partial charge in [-0.15, -0.1) is 0 Å². The maximum absolute atomic E-state index is 13.2. The first-order chi connectivity index (χ1) is 13.6. The normalized spacial score (nSPS) is 12.6. The minimum atomic E-state index is -4.53. The number of aromatic nitrogens is 1. The van der Waals surface area contributed by atoms with E-state index in [1.807, 2.05) is 50.2 Å². The van der Waals surface area contributed by atoms with Gasteiger partial charge in [-0.05, 0) is 25.5 Å². The zero-order chi connectivity index (χ0) is 21.2. The Morgan fingerprint density at radius 1 is 1.00 bits per heavy atom. The highest BCUT2D eigenvalue weighted by Gasteiger charge is 2.32. The number of ketones is 1. The second kappa shape index (κ2) is 8.59. The smallest absolute Gasteiger partial charge is 0.293 e. The van der Waals surface area contributed by atoms with E-state index in [1.54, 1.807) is 12.1 Å². The fraction of sp³-hybridized carbons (Fsp3) is 0.182. The summed E-state index contributed by atoms with van der Waals surface area (Å²) >= 11 is 7.11. The zero-order valence-corrected chi connectivity index (χ0v) is 17.2. The minimum absolute atomic E-state index is 0.140. The van der Waals surface area contributed by atoms with Crippen LogP contribution in [0.15, 0.2) is 65.8 Å². The molecule has 0 aliphatic rings. The van der Waals surface area contributed by atoms with Gasteiger partial charge in [-0.25, -0.2) is 4.98 Å². The van der Waals surface area contributed by atoms with E-state index in [0.717, 1.165) is 40.7 Å². The summed E-state index contributed by atoms with van der Waals surface area (Å²) in [5.41, 5.74) is 2.36. The van der Waals surface area contributed by atoms with E-state index in [2.05, 4.69) is 4.98 Å². The van der Waals surface area contributed by atoms with Crippen LogP contribution in [0.25, 0.3) is 0 Å². The van der Waals surface area contributed by atoms with Gasteiger partial charge in [0.2, 0.25) is 0 Å². The molecule has 0 aliphatic heterocycles. The van der Waals surface area contributed by atoms with Gasteiger partial charge in [0.05, 0.1) is 15.8 Å². The minimum Gasteiger partial charge on any atom is -0.293 e. The Hall–Kier alpha value is -2.31. The molecule has 2 aromatic carbocycles. The van der Waals surface area contributed by atoms with Crippen LogP contribution in [0.2, 0.25) is 5.02 Å². The van der Waals surface area contributed by atoms with Crippen LogP contribution in [-0.4, -0.2) is 10.8 Å². The van der Waals surface area contributed by atoms with Crippen molar-refractivity contribution in [2.75, 3.05) is 0 Å². The Labute approximate surface area is 176 Å². The number of nitrogens with zero attached hydrogens (tertiary/aromatic N) is 1. The zero-order valence-electron chi connectivity index (χ0n) is 15.6. The number of aryl methyl sites for hydroxylation is 2. The van der Waals surface area contributed by atoms with Crippen molar-refractivity contribution >= 4 is 29.1 Å². The maximum Gasteiger partial charge on any atom is 0.417 e. The molecule has 2 nitrogen and oxygen atoms in total. The van der Waals surface area contributed by atoms with Crippen molar-refractivity contribution in [2.24, 2.45) is 0 Å². The lowest BCUT2D eigenvalue weighted by Gasteiger charge is -2.17. The lowest BCUT2D eigenvalue weighted by Crippen LogP contribution is -2.11. The molecule has 0 aliphatic carbocycles. The molecule has 0 unspecified atom stereocenters. The molecule has 150 valence electrons. The van der Waals surface area contributed by atoms with Crippen molar-refractivity contribution in [3.8, 4) is 0 Å². The molecule has 3 aromatic rings. The van der Waals surface area contributed by atoms with Crippen molar-refractivity contribution in [2.45, 2.75) is 30.3 Å². The summed E-state index contributed by atoms with van der Waals surface area (Å²) in [5, 5.41) is -0.663. The highest BCUT2D eigenvalue weighted by Crippen LogP contribution is 2.41. The molecule has 0 bridgehead atoms. The SMILES string of the molecule is Cc1ccc(C(=O)[C@H](Sc2ncc(C(F)(F)F)cc2Cl)c2ccc(C)cc2)cc1. The van der Waals surface area contributed by atoms with Crippen LogP contribution in [0, 0.1) is 13.8 Å². The standard InChI is InChI=1S/C22H17ClF3NOS/c1-13-3-7-15(8-4-13)19(28)20(16-9-5-14(2)6-10-16)29-21-18(23)11-17(12-27-21)22(24,25)26/h3-12,20H,1-2H3/t20-/m1/s1. The third-order valence-electron chi connectivity index (χ3n) is 4.32. The molecule has 0 saturated carbocycles. The number of hydrogen-bond acceptors (Lipinski definition) is 3. The van der Waals surface area contributed by atoms with E-state index in [9.17, 15) is 18.0 Å². The average Bonchev–Trinajstić information content (AvgIpc) is 2.67. The molecule has 3 rings (SSSR count). The van der Waals surface area contributed by atoms with Crippen LogP contribution < -0.4 is 0 Å². The maximum atomic E-state index is 13.2. The van der Waals surface area contributed by atoms with Gasteiger partial charge < -0.3 is 0 Å². The van der Waals surface area contributed by atoms with Gasteiger partial charge in [-0.2, -0.15) is 13.2 Å². The summed E-state index contributed by atoms with van der Waals surface area (Å²) in [6, 6.07) is 15.4. The van der Waals surface area contributed by atoms with Gasteiger partial charge in [0.15, 0.2) is 5.78 Å². The number of pyridine rings is 1. The number of halogens is 4. The molecule has 0 N–H and O–H groups in total. The van der Waals surface area contributed by atoms with E-state index in [4.69, 9.17) is 11.6 Å². The van der Waals surface area contributed by atoms with Crippen molar-refractivity contribution in [3.05, 3.63) is 93.6 Å². The van der Waals surface area contributed by atoms with Crippen LogP contribution >= 0.6 is 23.4 Å². The Morgan fingerprint density at radius 3 is 2.07 bits per heavy atom. The summed E-state index contributed by atoms with van der Waals surface area (Å²) in [7, 11) is 0. The van der Waals surface area contributed by atoms with Gasteiger partial charge >= 0.3 is 6.18 Å². The first kappa shape index (κ1) is 21.4. The van der Waals surface area contributed by atoms with Crippen LogP contribution in [0.4, 0.5) is 13.2 Å². The van der Waals surface area contributed by atoms with E-state index >= 15 is 0 Å². The number of alkyl halides is 3. The van der Waals surface area contributed by atoms with E-state index in [1.165, 1.54) is 0 Å². The summed E-state index contributed by atoms with van der Waals surface area (Å²) < 4.78 is 38.7. The largest absolute Gasteiger partial charge is 0.417 e. The summed E-state index contributed by atoms with van der Waals surface area (Å²) in [4.78, 5) is 17.1. The number of carbonyl (C=O) groups is 1. The van der Waals surface area contributed by atoms with Gasteiger partial charge in [0.1, 0.15) is 5.03 Å². The Balaban J connectivity index is 1.98. The molecule has 0 amide bonds. The van der Waals surface area contributed by atoms with Crippen LogP contribution in [0.3, 0.4) is 0 Å². The summed E-state index contributed by atoms with van der Waals surface area (Å²) in [6.07, 6.45) is -3.80. The highest BCUT2D eigenvalue weighted by molar-refractivity contribution is 8.00. The second-order valence-corrected chi connectivity index (χ2v) is 8.15. The quantitative estimate of drug-likeness (QED) is 0.316. The summed E-state index contributed by atoms with van der Waals surface area (Å²) in [6.45, 7) is 3.86. The monoisotopic (exact) mass is 435 g/mol. The van der Waals surface area contributed by atoms with Crippen LogP contribution in [0.5, 0.6) is 0 Å². The van der Waals surface area contributed by atoms with Gasteiger partial charge in [0.25, 0.3) is 0 Å². The molecule has 1 atom stereocenters. The van der Waals surface area contributed by atoms with Crippen LogP contribution in [0.1, 0.15) is 37.9 Å². The van der Waals surface area contributed by atoms with Gasteiger partial charge in [0, 0.05) is 11.8 Å².